The number of rotatable bonds is 2. The van der Waals surface area contributed by atoms with Crippen LogP contribution in [0.15, 0.2) is 29.2 Å². The van der Waals surface area contributed by atoms with Crippen LogP contribution in [0.4, 0.5) is 0 Å². The molecule has 0 saturated heterocycles. The van der Waals surface area contributed by atoms with Gasteiger partial charge in [-0.3, -0.25) is 0 Å². The highest BCUT2D eigenvalue weighted by molar-refractivity contribution is 7.92. The van der Waals surface area contributed by atoms with Gasteiger partial charge in [0.2, 0.25) is 0 Å². The third-order valence-electron chi connectivity index (χ3n) is 4.41. The van der Waals surface area contributed by atoms with Crippen molar-refractivity contribution in [1.82, 2.24) is 0 Å². The molecule has 1 aliphatic carbocycles. The van der Waals surface area contributed by atoms with Crippen LogP contribution in [-0.2, 0) is 9.84 Å². The Labute approximate surface area is 116 Å². The van der Waals surface area contributed by atoms with Crippen molar-refractivity contribution in [3.8, 4) is 0 Å². The van der Waals surface area contributed by atoms with Crippen LogP contribution in [0, 0.1) is 12.3 Å². The van der Waals surface area contributed by atoms with Crippen molar-refractivity contribution in [3.05, 3.63) is 29.8 Å². The lowest BCUT2D eigenvalue weighted by Crippen LogP contribution is -2.52. The largest absolute Gasteiger partial charge is 0.326 e. The molecule has 1 fully saturated rings. The molecule has 2 atom stereocenters. The molecule has 0 spiro atoms. The fraction of sp³-hybridized carbons (Fsp3) is 0.600. The van der Waals surface area contributed by atoms with Gasteiger partial charge in [-0.15, -0.1) is 0 Å². The summed E-state index contributed by atoms with van der Waals surface area (Å²) in [7, 11) is -3.34. The van der Waals surface area contributed by atoms with Crippen LogP contribution in [0.2, 0.25) is 0 Å². The van der Waals surface area contributed by atoms with Gasteiger partial charge < -0.3 is 5.73 Å². The van der Waals surface area contributed by atoms with Gasteiger partial charge in [-0.05, 0) is 36.8 Å². The molecule has 106 valence electrons. The van der Waals surface area contributed by atoms with Gasteiger partial charge in [-0.25, -0.2) is 8.42 Å². The van der Waals surface area contributed by atoms with Gasteiger partial charge in [0.25, 0.3) is 0 Å². The first-order chi connectivity index (χ1) is 8.77. The third-order valence-corrected chi connectivity index (χ3v) is 6.81. The highest BCUT2D eigenvalue weighted by Gasteiger charge is 2.43. The summed E-state index contributed by atoms with van der Waals surface area (Å²) in [5.41, 5.74) is 6.94. The number of aryl methyl sites for hydroxylation is 1. The van der Waals surface area contributed by atoms with E-state index in [1.54, 1.807) is 12.1 Å². The van der Waals surface area contributed by atoms with E-state index in [0.29, 0.717) is 11.3 Å². The Balaban J connectivity index is 2.43. The first-order valence-corrected chi connectivity index (χ1v) is 8.36. The zero-order chi connectivity index (χ0) is 14.3. The summed E-state index contributed by atoms with van der Waals surface area (Å²) < 4.78 is 25.7. The Bertz CT molecular complexity index is 563. The molecule has 2 rings (SSSR count). The third kappa shape index (κ3) is 2.56. The molecular formula is C15H23NO2S. The maximum atomic E-state index is 12.8. The first kappa shape index (κ1) is 14.5. The minimum Gasteiger partial charge on any atom is -0.326 e. The van der Waals surface area contributed by atoms with Crippen molar-refractivity contribution in [3.63, 3.8) is 0 Å². The second kappa shape index (κ2) is 4.91. The minimum atomic E-state index is -3.34. The summed E-state index contributed by atoms with van der Waals surface area (Å²) in [5.74, 6) is 0. The lowest BCUT2D eigenvalue weighted by molar-refractivity contribution is 0.204. The quantitative estimate of drug-likeness (QED) is 0.906. The molecular weight excluding hydrogens is 258 g/mol. The second-order valence-corrected chi connectivity index (χ2v) is 8.39. The highest BCUT2D eigenvalue weighted by atomic mass is 32.2. The monoisotopic (exact) mass is 281 g/mol. The minimum absolute atomic E-state index is 0.112. The molecule has 3 nitrogen and oxygen atoms in total. The van der Waals surface area contributed by atoms with E-state index >= 15 is 0 Å². The van der Waals surface area contributed by atoms with Crippen molar-refractivity contribution in [1.29, 1.82) is 0 Å². The number of nitrogens with two attached hydrogens (primary N) is 1. The predicted octanol–water partition coefficient (Wildman–Crippen LogP) is 2.67. The molecule has 2 unspecified atom stereocenters. The zero-order valence-corrected chi connectivity index (χ0v) is 12.7. The second-order valence-electron chi connectivity index (χ2n) is 6.26. The van der Waals surface area contributed by atoms with Gasteiger partial charge in [0, 0.05) is 6.04 Å². The van der Waals surface area contributed by atoms with E-state index in [1.807, 2.05) is 19.1 Å². The SMILES string of the molecule is Cc1ccccc1S(=O)(=O)C1CCCC(C)(C)C1N. The van der Waals surface area contributed by atoms with E-state index in [1.165, 1.54) is 0 Å². The van der Waals surface area contributed by atoms with Crippen LogP contribution in [0.25, 0.3) is 0 Å². The summed E-state index contributed by atoms with van der Waals surface area (Å²) in [4.78, 5) is 0.438. The fourth-order valence-electron chi connectivity index (χ4n) is 3.00. The molecule has 2 N–H and O–H groups in total. The maximum absolute atomic E-state index is 12.8. The molecule has 0 radical (unpaired) electrons. The van der Waals surface area contributed by atoms with E-state index in [0.717, 1.165) is 18.4 Å². The lowest BCUT2D eigenvalue weighted by Gasteiger charge is -2.41. The van der Waals surface area contributed by atoms with Gasteiger partial charge in [0.05, 0.1) is 10.1 Å². The van der Waals surface area contributed by atoms with Gasteiger partial charge in [-0.1, -0.05) is 38.5 Å². The Morgan fingerprint density at radius 2 is 1.89 bits per heavy atom. The lowest BCUT2D eigenvalue weighted by atomic mass is 9.73. The molecule has 1 aromatic carbocycles. The molecule has 0 bridgehead atoms. The Morgan fingerprint density at radius 3 is 2.53 bits per heavy atom. The average molecular weight is 281 g/mol. The van der Waals surface area contributed by atoms with Crippen molar-refractivity contribution in [2.24, 2.45) is 11.1 Å². The molecule has 4 heteroatoms. The van der Waals surface area contributed by atoms with Gasteiger partial charge in [-0.2, -0.15) is 0 Å². The van der Waals surface area contributed by atoms with Crippen LogP contribution < -0.4 is 5.73 Å². The first-order valence-electron chi connectivity index (χ1n) is 6.82. The van der Waals surface area contributed by atoms with Crippen LogP contribution >= 0.6 is 0 Å². The van der Waals surface area contributed by atoms with Crippen LogP contribution in [0.1, 0.15) is 38.7 Å². The van der Waals surface area contributed by atoms with E-state index < -0.39 is 15.1 Å². The normalized spacial score (nSPS) is 27.2. The summed E-state index contributed by atoms with van der Waals surface area (Å²) in [6.45, 7) is 5.97. The summed E-state index contributed by atoms with van der Waals surface area (Å²) in [6, 6.07) is 6.87. The number of sulfone groups is 1. The van der Waals surface area contributed by atoms with Crippen molar-refractivity contribution < 1.29 is 8.42 Å². The number of hydrogen-bond acceptors (Lipinski definition) is 3. The molecule has 0 aromatic heterocycles. The van der Waals surface area contributed by atoms with Gasteiger partial charge in [0.1, 0.15) is 0 Å². The highest BCUT2D eigenvalue weighted by Crippen LogP contribution is 2.39. The smallest absolute Gasteiger partial charge is 0.183 e. The summed E-state index contributed by atoms with van der Waals surface area (Å²) in [6.07, 6.45) is 2.59. The van der Waals surface area contributed by atoms with E-state index in [4.69, 9.17) is 5.73 Å². The molecule has 1 saturated carbocycles. The fourth-order valence-corrected chi connectivity index (χ4v) is 5.34. The average Bonchev–Trinajstić information content (AvgIpc) is 2.32. The van der Waals surface area contributed by atoms with Crippen LogP contribution in [0.5, 0.6) is 0 Å². The Morgan fingerprint density at radius 1 is 1.26 bits per heavy atom. The zero-order valence-electron chi connectivity index (χ0n) is 11.9. The van der Waals surface area contributed by atoms with Crippen molar-refractivity contribution in [2.45, 2.75) is 56.2 Å². The summed E-state index contributed by atoms with van der Waals surface area (Å²) >= 11 is 0. The topological polar surface area (TPSA) is 60.2 Å². The number of benzene rings is 1. The van der Waals surface area contributed by atoms with Crippen molar-refractivity contribution >= 4 is 9.84 Å². The van der Waals surface area contributed by atoms with E-state index in [-0.39, 0.29) is 11.5 Å². The summed E-state index contributed by atoms with van der Waals surface area (Å²) in [5, 5.41) is -0.461. The standard InChI is InChI=1S/C15H23NO2S/c1-11-7-4-5-8-12(11)19(17,18)13-9-6-10-15(2,3)14(13)16/h4-5,7-8,13-14H,6,9-10,16H2,1-3H3. The van der Waals surface area contributed by atoms with Crippen LogP contribution in [-0.4, -0.2) is 19.7 Å². The van der Waals surface area contributed by atoms with Gasteiger partial charge in [0.15, 0.2) is 9.84 Å². The Hall–Kier alpha value is -0.870. The van der Waals surface area contributed by atoms with Gasteiger partial charge >= 0.3 is 0 Å². The van der Waals surface area contributed by atoms with Crippen molar-refractivity contribution in [2.75, 3.05) is 0 Å². The maximum Gasteiger partial charge on any atom is 0.183 e. The molecule has 1 aliphatic rings. The molecule has 0 amide bonds. The van der Waals surface area contributed by atoms with E-state index in [2.05, 4.69) is 13.8 Å². The predicted molar refractivity (Wildman–Crippen MR) is 77.8 cm³/mol. The number of hydrogen-bond donors (Lipinski definition) is 1. The molecule has 19 heavy (non-hydrogen) atoms. The van der Waals surface area contributed by atoms with E-state index in [9.17, 15) is 8.42 Å². The molecule has 0 heterocycles. The van der Waals surface area contributed by atoms with Crippen LogP contribution in [0.3, 0.4) is 0 Å². The molecule has 1 aromatic rings. The molecule has 0 aliphatic heterocycles. The Kier molecular flexibility index (Phi) is 3.76.